The lowest BCUT2D eigenvalue weighted by molar-refractivity contribution is -0.119. The van der Waals surface area contributed by atoms with Gasteiger partial charge in [-0.1, -0.05) is 12.1 Å². The van der Waals surface area contributed by atoms with Crippen LogP contribution in [0.2, 0.25) is 0 Å². The van der Waals surface area contributed by atoms with Crippen LogP contribution in [0.25, 0.3) is 0 Å². The number of rotatable bonds is 4. The first-order valence-electron chi connectivity index (χ1n) is 5.35. The molecule has 0 radical (unpaired) electrons. The van der Waals surface area contributed by atoms with Crippen molar-refractivity contribution in [1.29, 1.82) is 0 Å². The molecule has 1 aromatic rings. The summed E-state index contributed by atoms with van der Waals surface area (Å²) in [4.78, 5) is 11.2. The lowest BCUT2D eigenvalue weighted by Gasteiger charge is -2.12. The summed E-state index contributed by atoms with van der Waals surface area (Å²) in [5.41, 5.74) is 0.999. The summed E-state index contributed by atoms with van der Waals surface area (Å²) in [7, 11) is -3.14. The van der Waals surface area contributed by atoms with Crippen LogP contribution in [-0.4, -0.2) is 26.6 Å². The number of hydrogen-bond acceptors (Lipinski definition) is 3. The third-order valence-electron chi connectivity index (χ3n) is 2.34. The summed E-state index contributed by atoms with van der Waals surface area (Å²) < 4.78 is 22.5. The van der Waals surface area contributed by atoms with Gasteiger partial charge in [0, 0.05) is 19.2 Å². The first-order valence-corrected chi connectivity index (χ1v) is 7.24. The van der Waals surface area contributed by atoms with Crippen LogP contribution in [0.5, 0.6) is 0 Å². The van der Waals surface area contributed by atoms with E-state index in [0.29, 0.717) is 11.3 Å². The molecule has 1 aromatic carbocycles. The Morgan fingerprint density at radius 3 is 2.24 bits per heavy atom. The zero-order valence-corrected chi connectivity index (χ0v) is 11.0. The number of benzene rings is 1. The Labute approximate surface area is 102 Å². The fraction of sp³-hybridized carbons (Fsp3) is 0.417. The summed E-state index contributed by atoms with van der Waals surface area (Å²) in [5, 5.41) is 2.78. The van der Waals surface area contributed by atoms with Gasteiger partial charge in [0.05, 0.1) is 4.90 Å². The fourth-order valence-electron chi connectivity index (χ4n) is 1.62. The highest BCUT2D eigenvalue weighted by Crippen LogP contribution is 2.11. The van der Waals surface area contributed by atoms with Crippen LogP contribution < -0.4 is 5.32 Å². The quantitative estimate of drug-likeness (QED) is 0.878. The normalized spacial score (nSPS) is 13.1. The average Bonchev–Trinajstić information content (AvgIpc) is 2.15. The minimum Gasteiger partial charge on any atom is -0.354 e. The van der Waals surface area contributed by atoms with Gasteiger partial charge in [-0.15, -0.1) is 0 Å². The fourth-order valence-corrected chi connectivity index (χ4v) is 2.25. The monoisotopic (exact) mass is 255 g/mol. The molecule has 1 rings (SSSR count). The second kappa shape index (κ2) is 5.31. The first kappa shape index (κ1) is 13.7. The molecular weight excluding hydrogens is 238 g/mol. The van der Waals surface area contributed by atoms with Crippen molar-refractivity contribution in [2.75, 3.05) is 6.26 Å². The lowest BCUT2D eigenvalue weighted by Crippen LogP contribution is -2.31. The molecular formula is C12H17NO3S. The minimum atomic E-state index is -3.14. The molecule has 1 N–H and O–H groups in total. The maximum atomic E-state index is 11.3. The Hall–Kier alpha value is -1.36. The highest BCUT2D eigenvalue weighted by molar-refractivity contribution is 7.90. The highest BCUT2D eigenvalue weighted by atomic mass is 32.2. The van der Waals surface area contributed by atoms with Gasteiger partial charge in [0.25, 0.3) is 0 Å². The molecule has 4 nitrogen and oxygen atoms in total. The van der Waals surface area contributed by atoms with Crippen molar-refractivity contribution >= 4 is 15.7 Å². The third-order valence-corrected chi connectivity index (χ3v) is 3.47. The van der Waals surface area contributed by atoms with Crippen LogP contribution in [0.15, 0.2) is 29.2 Å². The van der Waals surface area contributed by atoms with Gasteiger partial charge in [0.1, 0.15) is 0 Å². The standard InChI is InChI=1S/C12H17NO3S/c1-9(13-10(2)14)8-11-4-6-12(7-5-11)17(3,15)16/h4-7,9H,8H2,1-3H3,(H,13,14). The number of amides is 1. The molecule has 17 heavy (non-hydrogen) atoms. The van der Waals surface area contributed by atoms with Gasteiger partial charge >= 0.3 is 0 Å². The van der Waals surface area contributed by atoms with Crippen molar-refractivity contribution in [3.8, 4) is 0 Å². The van der Waals surface area contributed by atoms with Gasteiger partial charge in [-0.3, -0.25) is 4.79 Å². The molecule has 0 fully saturated rings. The Morgan fingerprint density at radius 1 is 1.29 bits per heavy atom. The predicted octanol–water partition coefficient (Wildman–Crippen LogP) is 1.16. The second-order valence-corrected chi connectivity index (χ2v) is 6.24. The van der Waals surface area contributed by atoms with Crippen LogP contribution in [-0.2, 0) is 21.1 Å². The smallest absolute Gasteiger partial charge is 0.217 e. The van der Waals surface area contributed by atoms with Crippen LogP contribution in [0.3, 0.4) is 0 Å². The van der Waals surface area contributed by atoms with E-state index < -0.39 is 9.84 Å². The molecule has 1 unspecified atom stereocenters. The Bertz CT molecular complexity index is 491. The zero-order valence-electron chi connectivity index (χ0n) is 10.2. The lowest BCUT2D eigenvalue weighted by atomic mass is 10.1. The predicted molar refractivity (Wildman–Crippen MR) is 66.5 cm³/mol. The Kier molecular flexibility index (Phi) is 4.28. The second-order valence-electron chi connectivity index (χ2n) is 4.22. The van der Waals surface area contributed by atoms with Gasteiger partial charge in [0.15, 0.2) is 9.84 Å². The molecule has 0 saturated heterocycles. The first-order chi connectivity index (χ1) is 7.79. The van der Waals surface area contributed by atoms with E-state index in [1.54, 1.807) is 24.3 Å². The van der Waals surface area contributed by atoms with Gasteiger partial charge in [-0.2, -0.15) is 0 Å². The molecule has 0 bridgehead atoms. The summed E-state index contributed by atoms with van der Waals surface area (Å²) >= 11 is 0. The van der Waals surface area contributed by atoms with E-state index >= 15 is 0 Å². The molecule has 5 heteroatoms. The Balaban J connectivity index is 2.72. The van der Waals surface area contributed by atoms with E-state index in [1.807, 2.05) is 6.92 Å². The largest absolute Gasteiger partial charge is 0.354 e. The van der Waals surface area contributed by atoms with Gasteiger partial charge < -0.3 is 5.32 Å². The van der Waals surface area contributed by atoms with Crippen molar-refractivity contribution in [2.45, 2.75) is 31.2 Å². The average molecular weight is 255 g/mol. The van der Waals surface area contributed by atoms with E-state index in [2.05, 4.69) is 5.32 Å². The summed E-state index contributed by atoms with van der Waals surface area (Å²) in [6.07, 6.45) is 1.87. The number of sulfone groups is 1. The molecule has 0 aliphatic heterocycles. The summed E-state index contributed by atoms with van der Waals surface area (Å²) in [5.74, 6) is -0.0646. The van der Waals surface area contributed by atoms with E-state index in [1.165, 1.54) is 13.2 Å². The topological polar surface area (TPSA) is 63.2 Å². The van der Waals surface area contributed by atoms with E-state index in [-0.39, 0.29) is 11.9 Å². The minimum absolute atomic E-state index is 0.0385. The van der Waals surface area contributed by atoms with E-state index in [0.717, 1.165) is 5.56 Å². The number of nitrogens with one attached hydrogen (secondary N) is 1. The van der Waals surface area contributed by atoms with Crippen LogP contribution in [0.1, 0.15) is 19.4 Å². The van der Waals surface area contributed by atoms with Crippen molar-refractivity contribution in [3.05, 3.63) is 29.8 Å². The molecule has 1 atom stereocenters. The number of carbonyl (C=O) groups excluding carboxylic acids is 1. The molecule has 0 heterocycles. The Morgan fingerprint density at radius 2 is 1.82 bits per heavy atom. The van der Waals surface area contributed by atoms with Gasteiger partial charge in [0.2, 0.25) is 5.91 Å². The van der Waals surface area contributed by atoms with E-state index in [4.69, 9.17) is 0 Å². The molecule has 1 amide bonds. The van der Waals surface area contributed by atoms with Crippen LogP contribution >= 0.6 is 0 Å². The SMILES string of the molecule is CC(=O)NC(C)Cc1ccc(S(C)(=O)=O)cc1. The zero-order chi connectivity index (χ0) is 13.1. The summed E-state index contributed by atoms with van der Waals surface area (Å²) in [6.45, 7) is 3.38. The molecule has 94 valence electrons. The van der Waals surface area contributed by atoms with Crippen molar-refractivity contribution in [1.82, 2.24) is 5.32 Å². The van der Waals surface area contributed by atoms with Gasteiger partial charge in [-0.05, 0) is 31.0 Å². The number of carbonyl (C=O) groups is 1. The highest BCUT2D eigenvalue weighted by Gasteiger charge is 2.08. The number of hydrogen-bond donors (Lipinski definition) is 1. The summed E-state index contributed by atoms with van der Waals surface area (Å²) in [6, 6.07) is 6.76. The molecule has 0 spiro atoms. The van der Waals surface area contributed by atoms with Crippen molar-refractivity contribution in [3.63, 3.8) is 0 Å². The van der Waals surface area contributed by atoms with Crippen molar-refractivity contribution < 1.29 is 13.2 Å². The maximum absolute atomic E-state index is 11.3. The molecule has 0 aliphatic rings. The van der Waals surface area contributed by atoms with Crippen LogP contribution in [0, 0.1) is 0 Å². The van der Waals surface area contributed by atoms with Crippen molar-refractivity contribution in [2.24, 2.45) is 0 Å². The molecule has 0 aliphatic carbocycles. The third kappa shape index (κ3) is 4.56. The van der Waals surface area contributed by atoms with Gasteiger partial charge in [-0.25, -0.2) is 8.42 Å². The molecule has 0 aromatic heterocycles. The van der Waals surface area contributed by atoms with Crippen LogP contribution in [0.4, 0.5) is 0 Å². The molecule has 0 saturated carbocycles. The maximum Gasteiger partial charge on any atom is 0.217 e. The van der Waals surface area contributed by atoms with E-state index in [9.17, 15) is 13.2 Å².